The van der Waals surface area contributed by atoms with Crippen molar-refractivity contribution in [1.82, 2.24) is 15.2 Å². The summed E-state index contributed by atoms with van der Waals surface area (Å²) >= 11 is 7.59. The molecule has 5 nitrogen and oxygen atoms in total. The van der Waals surface area contributed by atoms with Crippen LogP contribution in [0, 0.1) is 0 Å². The van der Waals surface area contributed by atoms with E-state index in [4.69, 9.17) is 11.6 Å². The minimum absolute atomic E-state index is 0. The largest absolute Gasteiger partial charge is 0.314 e. The third kappa shape index (κ3) is 6.09. The number of aromatic nitrogens is 1. The SMILES string of the molecule is CC(=O)Nc1nc(CN2CCNCC2c2cccc(Cl)c2)cs1.Cl.Cl. The second-order valence-electron chi connectivity index (χ2n) is 5.57. The molecule has 1 amide bonds. The molecule has 0 aliphatic carbocycles. The molecule has 1 atom stereocenters. The average molecular weight is 424 g/mol. The normalized spacial score (nSPS) is 17.3. The van der Waals surface area contributed by atoms with Gasteiger partial charge in [-0.3, -0.25) is 9.69 Å². The molecule has 1 aliphatic heterocycles. The third-order valence-electron chi connectivity index (χ3n) is 3.79. The van der Waals surface area contributed by atoms with E-state index >= 15 is 0 Å². The third-order valence-corrected chi connectivity index (χ3v) is 4.83. The monoisotopic (exact) mass is 422 g/mol. The van der Waals surface area contributed by atoms with Gasteiger partial charge in [0, 0.05) is 49.5 Å². The smallest absolute Gasteiger partial charge is 0.223 e. The zero-order valence-electron chi connectivity index (χ0n) is 13.7. The highest BCUT2D eigenvalue weighted by Gasteiger charge is 2.24. The van der Waals surface area contributed by atoms with Gasteiger partial charge in [0.1, 0.15) is 0 Å². The van der Waals surface area contributed by atoms with Crippen LogP contribution in [0.4, 0.5) is 5.13 Å². The number of anilines is 1. The van der Waals surface area contributed by atoms with Crippen LogP contribution in [0.15, 0.2) is 29.6 Å². The fourth-order valence-electron chi connectivity index (χ4n) is 2.77. The van der Waals surface area contributed by atoms with E-state index < -0.39 is 0 Å². The quantitative estimate of drug-likeness (QED) is 0.786. The van der Waals surface area contributed by atoms with Crippen molar-refractivity contribution in [1.29, 1.82) is 0 Å². The summed E-state index contributed by atoms with van der Waals surface area (Å²) in [6.45, 7) is 5.05. The Kier molecular flexibility index (Phi) is 9.13. The molecule has 1 unspecified atom stereocenters. The van der Waals surface area contributed by atoms with Crippen molar-refractivity contribution in [3.8, 4) is 0 Å². The molecular formula is C16H21Cl3N4OS. The molecule has 0 spiro atoms. The molecule has 9 heteroatoms. The first-order valence-electron chi connectivity index (χ1n) is 7.54. The Bertz CT molecular complexity index is 698. The van der Waals surface area contributed by atoms with E-state index in [9.17, 15) is 4.79 Å². The fraction of sp³-hybridized carbons (Fsp3) is 0.375. The van der Waals surface area contributed by atoms with Gasteiger partial charge in [0.2, 0.25) is 5.91 Å². The van der Waals surface area contributed by atoms with Crippen LogP contribution in [-0.4, -0.2) is 35.4 Å². The van der Waals surface area contributed by atoms with Gasteiger partial charge in [-0.1, -0.05) is 23.7 Å². The lowest BCUT2D eigenvalue weighted by Gasteiger charge is -2.36. The topological polar surface area (TPSA) is 57.3 Å². The van der Waals surface area contributed by atoms with E-state index in [0.717, 1.165) is 36.9 Å². The van der Waals surface area contributed by atoms with Crippen LogP contribution in [0.2, 0.25) is 5.02 Å². The Morgan fingerprint density at radius 1 is 1.48 bits per heavy atom. The molecule has 0 saturated carbocycles. The molecule has 2 N–H and O–H groups in total. The lowest BCUT2D eigenvalue weighted by Crippen LogP contribution is -2.45. The summed E-state index contributed by atoms with van der Waals surface area (Å²) in [6, 6.07) is 8.29. The van der Waals surface area contributed by atoms with E-state index in [-0.39, 0.29) is 36.8 Å². The molecule has 138 valence electrons. The maximum absolute atomic E-state index is 11.1. The minimum Gasteiger partial charge on any atom is -0.314 e. The van der Waals surface area contributed by atoms with Gasteiger partial charge < -0.3 is 10.6 Å². The van der Waals surface area contributed by atoms with E-state index in [2.05, 4.69) is 26.6 Å². The molecule has 25 heavy (non-hydrogen) atoms. The van der Waals surface area contributed by atoms with Gasteiger partial charge in [0.25, 0.3) is 0 Å². The number of thiazole rings is 1. The molecular weight excluding hydrogens is 403 g/mol. The second-order valence-corrected chi connectivity index (χ2v) is 6.87. The van der Waals surface area contributed by atoms with Crippen molar-refractivity contribution in [2.45, 2.75) is 19.5 Å². The maximum Gasteiger partial charge on any atom is 0.223 e. The van der Waals surface area contributed by atoms with E-state index in [1.54, 1.807) is 0 Å². The Morgan fingerprint density at radius 3 is 3.00 bits per heavy atom. The molecule has 1 saturated heterocycles. The average Bonchev–Trinajstić information content (AvgIpc) is 2.94. The van der Waals surface area contributed by atoms with Gasteiger partial charge >= 0.3 is 0 Å². The predicted octanol–water partition coefficient (Wildman–Crippen LogP) is 3.75. The Hall–Kier alpha value is -0.890. The molecule has 2 heterocycles. The first-order chi connectivity index (χ1) is 11.1. The zero-order valence-corrected chi connectivity index (χ0v) is 16.9. The van der Waals surface area contributed by atoms with Crippen molar-refractivity contribution in [2.75, 3.05) is 25.0 Å². The number of halogens is 3. The van der Waals surface area contributed by atoms with Crippen LogP contribution < -0.4 is 10.6 Å². The number of nitrogens with zero attached hydrogens (tertiary/aromatic N) is 2. The summed E-state index contributed by atoms with van der Waals surface area (Å²) in [5, 5.41) is 9.59. The van der Waals surface area contributed by atoms with Crippen LogP contribution >= 0.6 is 47.8 Å². The Labute approximate surface area is 169 Å². The van der Waals surface area contributed by atoms with Crippen LogP contribution in [-0.2, 0) is 11.3 Å². The molecule has 3 rings (SSSR count). The van der Waals surface area contributed by atoms with Gasteiger partial charge in [-0.25, -0.2) is 4.98 Å². The standard InChI is InChI=1S/C16H19ClN4OS.2ClH/c1-11(22)19-16-20-14(10-23-16)9-21-6-5-18-8-15(21)12-3-2-4-13(17)7-12;;/h2-4,7,10,15,18H,5-6,8-9H2,1H3,(H,19,20,22);2*1H. The van der Waals surface area contributed by atoms with Gasteiger partial charge in [0.05, 0.1) is 5.69 Å². The Morgan fingerprint density at radius 2 is 2.28 bits per heavy atom. The van der Waals surface area contributed by atoms with Crippen molar-refractivity contribution in [3.63, 3.8) is 0 Å². The summed E-state index contributed by atoms with van der Waals surface area (Å²) in [5.41, 5.74) is 2.19. The van der Waals surface area contributed by atoms with Crippen molar-refractivity contribution in [2.24, 2.45) is 0 Å². The number of rotatable bonds is 4. The van der Waals surface area contributed by atoms with Crippen LogP contribution in [0.25, 0.3) is 0 Å². The fourth-order valence-corrected chi connectivity index (χ4v) is 3.72. The number of hydrogen-bond acceptors (Lipinski definition) is 5. The lowest BCUT2D eigenvalue weighted by molar-refractivity contribution is -0.114. The van der Waals surface area contributed by atoms with Gasteiger partial charge in [-0.15, -0.1) is 36.2 Å². The lowest BCUT2D eigenvalue weighted by atomic mass is 10.0. The maximum atomic E-state index is 11.1. The summed E-state index contributed by atoms with van der Waals surface area (Å²) in [7, 11) is 0. The number of carbonyl (C=O) groups excluding carboxylic acids is 1. The number of benzene rings is 1. The van der Waals surface area contributed by atoms with Gasteiger partial charge in [0.15, 0.2) is 5.13 Å². The molecule has 0 bridgehead atoms. The first kappa shape index (κ1) is 22.2. The van der Waals surface area contributed by atoms with E-state index in [1.165, 1.54) is 23.8 Å². The van der Waals surface area contributed by atoms with Crippen molar-refractivity contribution < 1.29 is 4.79 Å². The number of amides is 1. The minimum atomic E-state index is -0.0927. The van der Waals surface area contributed by atoms with Gasteiger partial charge in [-0.2, -0.15) is 0 Å². The Balaban J connectivity index is 0.00000156. The number of hydrogen-bond donors (Lipinski definition) is 2. The second kappa shape index (κ2) is 10.3. The number of piperazine rings is 1. The first-order valence-corrected chi connectivity index (χ1v) is 8.80. The highest BCUT2D eigenvalue weighted by atomic mass is 35.5. The van der Waals surface area contributed by atoms with E-state index in [1.807, 2.05) is 23.6 Å². The molecule has 1 aromatic carbocycles. The number of nitrogens with one attached hydrogen (secondary N) is 2. The van der Waals surface area contributed by atoms with E-state index in [0.29, 0.717) is 5.13 Å². The number of carbonyl (C=O) groups is 1. The van der Waals surface area contributed by atoms with Gasteiger partial charge in [-0.05, 0) is 17.7 Å². The molecule has 2 aromatic rings. The summed E-state index contributed by atoms with van der Waals surface area (Å²) in [4.78, 5) is 18.0. The molecule has 1 aromatic heterocycles. The predicted molar refractivity (Wildman–Crippen MR) is 108 cm³/mol. The molecule has 1 aliphatic rings. The van der Waals surface area contributed by atoms with Crippen LogP contribution in [0.5, 0.6) is 0 Å². The van der Waals surface area contributed by atoms with Crippen LogP contribution in [0.3, 0.4) is 0 Å². The van der Waals surface area contributed by atoms with Crippen molar-refractivity contribution >= 4 is 58.8 Å². The van der Waals surface area contributed by atoms with Crippen LogP contribution in [0.1, 0.15) is 24.2 Å². The summed E-state index contributed by atoms with van der Waals surface area (Å²) < 4.78 is 0. The summed E-state index contributed by atoms with van der Waals surface area (Å²) in [5.74, 6) is -0.0927. The summed E-state index contributed by atoms with van der Waals surface area (Å²) in [6.07, 6.45) is 0. The molecule has 1 fully saturated rings. The highest BCUT2D eigenvalue weighted by molar-refractivity contribution is 7.13. The highest BCUT2D eigenvalue weighted by Crippen LogP contribution is 2.27. The molecule has 0 radical (unpaired) electrons. The van der Waals surface area contributed by atoms with Crippen molar-refractivity contribution in [3.05, 3.63) is 45.9 Å². The zero-order chi connectivity index (χ0) is 16.2.